The minimum Gasteiger partial charge on any atom is -0.423 e. The van der Waals surface area contributed by atoms with Gasteiger partial charge in [-0.25, -0.2) is 0 Å². The van der Waals surface area contributed by atoms with Gasteiger partial charge in [-0.3, -0.25) is 0 Å². The van der Waals surface area contributed by atoms with Gasteiger partial charge in [0, 0.05) is 12.2 Å². The maximum Gasteiger partial charge on any atom is 0.146 e. The maximum absolute atomic E-state index is 5.66. The Labute approximate surface area is 114 Å². The average molecular weight is 264 g/mol. The van der Waals surface area contributed by atoms with Crippen molar-refractivity contribution in [3.63, 3.8) is 0 Å². The van der Waals surface area contributed by atoms with E-state index in [4.69, 9.17) is 9.16 Å². The van der Waals surface area contributed by atoms with Gasteiger partial charge in [0.15, 0.2) is 0 Å². The second-order valence-electron chi connectivity index (χ2n) is 5.07. The fraction of sp³-hybridized carbons (Fsp3) is 0.467. The van der Waals surface area contributed by atoms with E-state index in [-0.39, 0.29) is 5.60 Å². The smallest absolute Gasteiger partial charge is 0.146 e. The SMILES string of the molecule is C=Cc1ccc(COCCCC(C)(C)O[SiH3])cc1. The zero-order valence-electron chi connectivity index (χ0n) is 11.7. The van der Waals surface area contributed by atoms with Crippen LogP contribution < -0.4 is 0 Å². The molecule has 0 saturated heterocycles. The highest BCUT2D eigenvalue weighted by Gasteiger charge is 2.14. The lowest BCUT2D eigenvalue weighted by atomic mass is 10.0. The van der Waals surface area contributed by atoms with Crippen molar-refractivity contribution in [3.8, 4) is 0 Å². The first-order valence-electron chi connectivity index (χ1n) is 6.42. The third kappa shape index (κ3) is 5.62. The summed E-state index contributed by atoms with van der Waals surface area (Å²) < 4.78 is 11.2. The van der Waals surface area contributed by atoms with Crippen LogP contribution in [0.25, 0.3) is 6.08 Å². The molecule has 1 rings (SSSR count). The molecular weight excluding hydrogens is 240 g/mol. The summed E-state index contributed by atoms with van der Waals surface area (Å²) in [5.74, 6) is 0. The Kier molecular flexibility index (Phi) is 6.33. The first-order chi connectivity index (χ1) is 8.57. The van der Waals surface area contributed by atoms with E-state index in [0.29, 0.717) is 6.61 Å². The van der Waals surface area contributed by atoms with Crippen molar-refractivity contribution in [1.29, 1.82) is 0 Å². The van der Waals surface area contributed by atoms with Crippen molar-refractivity contribution in [2.24, 2.45) is 0 Å². The highest BCUT2D eigenvalue weighted by molar-refractivity contribution is 5.98. The number of hydrogen-bond acceptors (Lipinski definition) is 2. The van der Waals surface area contributed by atoms with E-state index < -0.39 is 0 Å². The number of hydrogen-bond donors (Lipinski definition) is 0. The van der Waals surface area contributed by atoms with Gasteiger partial charge in [-0.1, -0.05) is 36.9 Å². The highest BCUT2D eigenvalue weighted by Crippen LogP contribution is 2.15. The lowest BCUT2D eigenvalue weighted by Crippen LogP contribution is -2.23. The van der Waals surface area contributed by atoms with Crippen LogP contribution in [-0.2, 0) is 15.8 Å². The summed E-state index contributed by atoms with van der Waals surface area (Å²) in [7, 11) is 0.797. The van der Waals surface area contributed by atoms with Crippen molar-refractivity contribution in [2.45, 2.75) is 38.9 Å². The van der Waals surface area contributed by atoms with E-state index in [1.54, 1.807) is 0 Å². The van der Waals surface area contributed by atoms with Gasteiger partial charge in [-0.15, -0.1) is 0 Å². The molecule has 0 aliphatic carbocycles. The van der Waals surface area contributed by atoms with Crippen molar-refractivity contribution in [2.75, 3.05) is 6.61 Å². The zero-order chi connectivity index (χ0) is 13.4. The molecule has 100 valence electrons. The third-order valence-corrected chi connectivity index (χ3v) is 4.21. The van der Waals surface area contributed by atoms with Crippen LogP contribution in [0.3, 0.4) is 0 Å². The van der Waals surface area contributed by atoms with Gasteiger partial charge < -0.3 is 9.16 Å². The normalized spacial score (nSPS) is 11.7. The van der Waals surface area contributed by atoms with Crippen molar-refractivity contribution < 1.29 is 9.16 Å². The minimum absolute atomic E-state index is 0.0151. The van der Waals surface area contributed by atoms with Gasteiger partial charge in [-0.2, -0.15) is 0 Å². The van der Waals surface area contributed by atoms with Gasteiger partial charge in [0.1, 0.15) is 10.5 Å². The van der Waals surface area contributed by atoms with Gasteiger partial charge >= 0.3 is 0 Å². The van der Waals surface area contributed by atoms with E-state index in [0.717, 1.165) is 35.5 Å². The van der Waals surface area contributed by atoms with Crippen LogP contribution >= 0.6 is 0 Å². The summed E-state index contributed by atoms with van der Waals surface area (Å²) >= 11 is 0. The van der Waals surface area contributed by atoms with Crippen molar-refractivity contribution >= 4 is 16.6 Å². The third-order valence-electron chi connectivity index (χ3n) is 3.10. The van der Waals surface area contributed by atoms with Gasteiger partial charge in [0.25, 0.3) is 0 Å². The molecule has 0 aromatic heterocycles. The predicted molar refractivity (Wildman–Crippen MR) is 80.5 cm³/mol. The standard InChI is InChI=1S/C15H24O2Si/c1-4-13-6-8-14(9-7-13)12-16-11-5-10-15(2,3)17-18/h4,6-9H,1,5,10-12H2,2-3,18H3. The van der Waals surface area contributed by atoms with Crippen LogP contribution in [-0.4, -0.2) is 22.7 Å². The average Bonchev–Trinajstić information content (AvgIpc) is 2.39. The molecule has 0 N–H and O–H groups in total. The lowest BCUT2D eigenvalue weighted by Gasteiger charge is -2.23. The fourth-order valence-corrected chi connectivity index (χ4v) is 1.85. The van der Waals surface area contributed by atoms with Crippen LogP contribution in [0, 0.1) is 0 Å². The molecule has 0 spiro atoms. The number of rotatable bonds is 8. The quantitative estimate of drug-likeness (QED) is 0.531. The Hall–Kier alpha value is -0.903. The van der Waals surface area contributed by atoms with Crippen LogP contribution in [0.5, 0.6) is 0 Å². The maximum atomic E-state index is 5.66. The van der Waals surface area contributed by atoms with Crippen molar-refractivity contribution in [3.05, 3.63) is 42.0 Å². The van der Waals surface area contributed by atoms with Crippen LogP contribution in [0.1, 0.15) is 37.8 Å². The van der Waals surface area contributed by atoms with Crippen LogP contribution in [0.2, 0.25) is 0 Å². The molecular formula is C15H24O2Si. The molecule has 1 aromatic carbocycles. The molecule has 2 nitrogen and oxygen atoms in total. The zero-order valence-corrected chi connectivity index (χ0v) is 13.7. The molecule has 0 aliphatic heterocycles. The molecule has 0 saturated carbocycles. The Balaban J connectivity index is 2.19. The molecule has 0 bridgehead atoms. The van der Waals surface area contributed by atoms with Gasteiger partial charge in [0.2, 0.25) is 0 Å². The largest absolute Gasteiger partial charge is 0.423 e. The summed E-state index contributed by atoms with van der Waals surface area (Å²) in [5, 5.41) is 0. The topological polar surface area (TPSA) is 18.5 Å². The summed E-state index contributed by atoms with van der Waals surface area (Å²) in [6.45, 7) is 9.47. The molecule has 1 aromatic rings. The molecule has 0 unspecified atom stereocenters. The van der Waals surface area contributed by atoms with Gasteiger partial charge in [0.05, 0.1) is 6.61 Å². The van der Waals surface area contributed by atoms with E-state index >= 15 is 0 Å². The van der Waals surface area contributed by atoms with E-state index in [1.165, 1.54) is 5.56 Å². The number of benzene rings is 1. The summed E-state index contributed by atoms with van der Waals surface area (Å²) in [4.78, 5) is 0. The van der Waals surface area contributed by atoms with E-state index in [1.807, 2.05) is 6.08 Å². The molecule has 0 atom stereocenters. The Bertz CT molecular complexity index is 357. The molecule has 0 amide bonds. The summed E-state index contributed by atoms with van der Waals surface area (Å²) in [6, 6.07) is 8.29. The monoisotopic (exact) mass is 264 g/mol. The molecule has 0 aliphatic rings. The van der Waals surface area contributed by atoms with Crippen LogP contribution in [0.4, 0.5) is 0 Å². The Morgan fingerprint density at radius 1 is 1.28 bits per heavy atom. The second-order valence-corrected chi connectivity index (χ2v) is 5.47. The molecule has 0 fully saturated rings. The minimum atomic E-state index is 0.0151. The predicted octanol–water partition coefficient (Wildman–Crippen LogP) is 2.70. The summed E-state index contributed by atoms with van der Waals surface area (Å²) in [6.07, 6.45) is 3.94. The van der Waals surface area contributed by atoms with Crippen molar-refractivity contribution in [1.82, 2.24) is 0 Å². The van der Waals surface area contributed by atoms with Crippen LogP contribution in [0.15, 0.2) is 30.8 Å². The molecule has 0 radical (unpaired) electrons. The van der Waals surface area contributed by atoms with E-state index in [9.17, 15) is 0 Å². The lowest BCUT2D eigenvalue weighted by molar-refractivity contribution is 0.0749. The van der Waals surface area contributed by atoms with E-state index in [2.05, 4.69) is 44.7 Å². The first-order valence-corrected chi connectivity index (χ1v) is 7.23. The Morgan fingerprint density at radius 3 is 2.50 bits per heavy atom. The molecule has 3 heteroatoms. The molecule has 18 heavy (non-hydrogen) atoms. The Morgan fingerprint density at radius 2 is 1.94 bits per heavy atom. The van der Waals surface area contributed by atoms with Gasteiger partial charge in [-0.05, 0) is 37.8 Å². The summed E-state index contributed by atoms with van der Waals surface area (Å²) in [5.41, 5.74) is 2.37. The second kappa shape index (κ2) is 7.51. The number of ether oxygens (including phenoxy) is 1. The molecule has 0 heterocycles. The first kappa shape index (κ1) is 15.2. The fourth-order valence-electron chi connectivity index (χ4n) is 1.64. The highest BCUT2D eigenvalue weighted by atomic mass is 28.2.